The van der Waals surface area contributed by atoms with E-state index in [4.69, 9.17) is 0 Å². The van der Waals surface area contributed by atoms with Crippen molar-refractivity contribution in [3.05, 3.63) is 18.2 Å². The summed E-state index contributed by atoms with van der Waals surface area (Å²) in [5.74, 6) is 0.854. The van der Waals surface area contributed by atoms with Gasteiger partial charge in [-0.15, -0.1) is 11.8 Å². The van der Waals surface area contributed by atoms with Gasteiger partial charge in [0.25, 0.3) is 0 Å². The monoisotopic (exact) mass is 266 g/mol. The summed E-state index contributed by atoms with van der Waals surface area (Å²) in [5.41, 5.74) is 1.77. The Morgan fingerprint density at radius 1 is 1.50 bits per heavy atom. The molecule has 1 aliphatic rings. The molecule has 1 aromatic carbocycles. The number of anilines is 2. The van der Waals surface area contributed by atoms with Gasteiger partial charge in [-0.3, -0.25) is 4.79 Å². The molecule has 1 heterocycles. The molecule has 18 heavy (non-hydrogen) atoms. The Balaban J connectivity index is 2.15. The molecule has 3 N–H and O–H groups in total. The van der Waals surface area contributed by atoms with E-state index in [1.165, 1.54) is 0 Å². The van der Waals surface area contributed by atoms with E-state index in [9.17, 15) is 9.90 Å². The fourth-order valence-corrected chi connectivity index (χ4v) is 2.60. The maximum absolute atomic E-state index is 11.3. The average Bonchev–Trinajstić information content (AvgIpc) is 2.35. The van der Waals surface area contributed by atoms with Crippen molar-refractivity contribution in [3.8, 4) is 0 Å². The topological polar surface area (TPSA) is 61.4 Å². The van der Waals surface area contributed by atoms with Crippen LogP contribution in [0.5, 0.6) is 0 Å². The van der Waals surface area contributed by atoms with Gasteiger partial charge in [-0.2, -0.15) is 0 Å². The third-order valence-electron chi connectivity index (χ3n) is 2.97. The summed E-state index contributed by atoms with van der Waals surface area (Å²) in [6.45, 7) is 4.21. The van der Waals surface area contributed by atoms with Crippen molar-refractivity contribution in [1.82, 2.24) is 0 Å². The fraction of sp³-hybridized carbons (Fsp3) is 0.462. The van der Waals surface area contributed by atoms with Gasteiger partial charge in [-0.25, -0.2) is 0 Å². The largest absolute Gasteiger partial charge is 0.394 e. The van der Waals surface area contributed by atoms with Crippen molar-refractivity contribution < 1.29 is 9.90 Å². The van der Waals surface area contributed by atoms with Gasteiger partial charge >= 0.3 is 0 Å². The Bertz CT molecular complexity index is 449. The molecule has 0 saturated heterocycles. The molecule has 1 aliphatic heterocycles. The molecule has 0 aliphatic carbocycles. The number of fused-ring (bicyclic) bond motifs is 1. The third-order valence-corrected chi connectivity index (χ3v) is 4.04. The predicted octanol–water partition coefficient (Wildman–Crippen LogP) is 2.16. The van der Waals surface area contributed by atoms with Crippen LogP contribution in [-0.2, 0) is 4.79 Å². The summed E-state index contributed by atoms with van der Waals surface area (Å²) in [6.07, 6.45) is 0. The van der Waals surface area contributed by atoms with E-state index in [1.54, 1.807) is 11.8 Å². The highest BCUT2D eigenvalue weighted by Gasteiger charge is 2.17. The third kappa shape index (κ3) is 2.97. The van der Waals surface area contributed by atoms with Crippen molar-refractivity contribution in [3.63, 3.8) is 0 Å². The van der Waals surface area contributed by atoms with Crippen LogP contribution < -0.4 is 10.6 Å². The van der Waals surface area contributed by atoms with Gasteiger partial charge in [0.15, 0.2) is 0 Å². The molecule has 5 heteroatoms. The quantitative estimate of drug-likeness (QED) is 0.781. The molecule has 2 rings (SSSR count). The van der Waals surface area contributed by atoms with Crippen LogP contribution in [0.2, 0.25) is 0 Å². The molecule has 4 nitrogen and oxygen atoms in total. The van der Waals surface area contributed by atoms with Crippen molar-refractivity contribution in [2.24, 2.45) is 5.92 Å². The van der Waals surface area contributed by atoms with Crippen molar-refractivity contribution in [2.45, 2.75) is 24.8 Å². The van der Waals surface area contributed by atoms with Crippen LogP contribution in [-0.4, -0.2) is 29.4 Å². The molecule has 1 aromatic rings. The maximum atomic E-state index is 11.3. The normalized spacial score (nSPS) is 16.1. The standard InChI is InChI=1S/C13H18N2O2S/c1-8(2)11(6-16)14-9-3-4-12-10(5-9)15-13(17)7-18-12/h3-5,8,11,14,16H,6-7H2,1-2H3,(H,15,17). The van der Waals surface area contributed by atoms with Crippen molar-refractivity contribution in [2.75, 3.05) is 23.0 Å². The lowest BCUT2D eigenvalue weighted by Gasteiger charge is -2.23. The van der Waals surface area contributed by atoms with Crippen LogP contribution in [0.15, 0.2) is 23.1 Å². The molecule has 0 saturated carbocycles. The van der Waals surface area contributed by atoms with Gasteiger partial charge in [0, 0.05) is 10.6 Å². The Hall–Kier alpha value is -1.20. The Morgan fingerprint density at radius 3 is 2.94 bits per heavy atom. The number of hydrogen-bond acceptors (Lipinski definition) is 4. The Morgan fingerprint density at radius 2 is 2.28 bits per heavy atom. The number of aliphatic hydroxyl groups is 1. The van der Waals surface area contributed by atoms with E-state index in [0.29, 0.717) is 11.7 Å². The van der Waals surface area contributed by atoms with E-state index in [1.807, 2.05) is 18.2 Å². The number of carbonyl (C=O) groups excluding carboxylic acids is 1. The second-order valence-corrected chi connectivity index (χ2v) is 5.74. The van der Waals surface area contributed by atoms with Crippen LogP contribution >= 0.6 is 11.8 Å². The van der Waals surface area contributed by atoms with Gasteiger partial charge in [-0.1, -0.05) is 13.8 Å². The molecule has 0 aromatic heterocycles. The van der Waals surface area contributed by atoms with Crippen LogP contribution in [0.1, 0.15) is 13.8 Å². The molecule has 1 amide bonds. The number of benzene rings is 1. The number of aliphatic hydroxyl groups excluding tert-OH is 1. The molecule has 1 unspecified atom stereocenters. The first-order valence-corrected chi connectivity index (χ1v) is 7.03. The van der Waals surface area contributed by atoms with Gasteiger partial charge in [0.2, 0.25) is 5.91 Å². The second kappa shape index (κ2) is 5.63. The van der Waals surface area contributed by atoms with E-state index >= 15 is 0 Å². The molecular formula is C13H18N2O2S. The summed E-state index contributed by atoms with van der Waals surface area (Å²) in [4.78, 5) is 12.4. The number of thioether (sulfide) groups is 1. The van der Waals surface area contributed by atoms with E-state index in [-0.39, 0.29) is 18.6 Å². The molecule has 0 bridgehead atoms. The lowest BCUT2D eigenvalue weighted by atomic mass is 10.1. The average molecular weight is 266 g/mol. The van der Waals surface area contributed by atoms with Crippen molar-refractivity contribution >= 4 is 29.0 Å². The molecule has 98 valence electrons. The minimum Gasteiger partial charge on any atom is -0.394 e. The highest BCUT2D eigenvalue weighted by molar-refractivity contribution is 8.00. The molecule has 0 spiro atoms. The number of hydrogen-bond donors (Lipinski definition) is 3. The summed E-state index contributed by atoms with van der Waals surface area (Å²) < 4.78 is 0. The lowest BCUT2D eigenvalue weighted by molar-refractivity contribution is -0.113. The van der Waals surface area contributed by atoms with E-state index < -0.39 is 0 Å². The Labute approximate surface area is 111 Å². The maximum Gasteiger partial charge on any atom is 0.234 e. The summed E-state index contributed by atoms with van der Waals surface area (Å²) in [6, 6.07) is 5.92. The van der Waals surface area contributed by atoms with Gasteiger partial charge in [-0.05, 0) is 24.1 Å². The van der Waals surface area contributed by atoms with Crippen molar-refractivity contribution in [1.29, 1.82) is 0 Å². The first-order valence-electron chi connectivity index (χ1n) is 6.04. The molecule has 0 radical (unpaired) electrons. The summed E-state index contributed by atoms with van der Waals surface area (Å²) in [5, 5.41) is 15.4. The van der Waals surface area contributed by atoms with Gasteiger partial charge in [0.1, 0.15) is 0 Å². The number of amides is 1. The molecular weight excluding hydrogens is 248 g/mol. The zero-order chi connectivity index (χ0) is 13.1. The van der Waals surface area contributed by atoms with Crippen LogP contribution in [0, 0.1) is 5.92 Å². The first-order chi connectivity index (χ1) is 8.60. The first kappa shape index (κ1) is 13.2. The molecule has 1 atom stereocenters. The Kier molecular flexibility index (Phi) is 4.14. The number of nitrogens with one attached hydrogen (secondary N) is 2. The predicted molar refractivity (Wildman–Crippen MR) is 75.1 cm³/mol. The highest BCUT2D eigenvalue weighted by atomic mass is 32.2. The van der Waals surface area contributed by atoms with Gasteiger partial charge < -0.3 is 15.7 Å². The second-order valence-electron chi connectivity index (χ2n) is 4.73. The minimum atomic E-state index is 0.0231. The van der Waals surface area contributed by atoms with Crippen LogP contribution in [0.25, 0.3) is 0 Å². The zero-order valence-corrected chi connectivity index (χ0v) is 11.4. The zero-order valence-electron chi connectivity index (χ0n) is 10.6. The summed E-state index contributed by atoms with van der Waals surface area (Å²) >= 11 is 1.55. The smallest absolute Gasteiger partial charge is 0.234 e. The van der Waals surface area contributed by atoms with Gasteiger partial charge in [0.05, 0.1) is 24.1 Å². The van der Waals surface area contributed by atoms with Crippen LogP contribution in [0.4, 0.5) is 11.4 Å². The van der Waals surface area contributed by atoms with E-state index in [2.05, 4.69) is 24.5 Å². The summed E-state index contributed by atoms with van der Waals surface area (Å²) in [7, 11) is 0. The fourth-order valence-electron chi connectivity index (χ4n) is 1.81. The molecule has 0 fully saturated rings. The highest BCUT2D eigenvalue weighted by Crippen LogP contribution is 2.33. The van der Waals surface area contributed by atoms with E-state index in [0.717, 1.165) is 16.3 Å². The van der Waals surface area contributed by atoms with Crippen LogP contribution in [0.3, 0.4) is 0 Å². The number of rotatable bonds is 4. The number of carbonyl (C=O) groups is 1. The lowest BCUT2D eigenvalue weighted by Crippen LogP contribution is -2.29. The SMILES string of the molecule is CC(C)C(CO)Nc1ccc2c(c1)NC(=O)CS2. The minimum absolute atomic E-state index is 0.0231.